The van der Waals surface area contributed by atoms with Gasteiger partial charge in [0, 0.05) is 45.6 Å². The Hall–Kier alpha value is -3.54. The average molecular weight is 545 g/mol. The summed E-state index contributed by atoms with van der Waals surface area (Å²) in [4.78, 5) is 16.2. The van der Waals surface area contributed by atoms with E-state index in [-0.39, 0.29) is 38.0 Å². The van der Waals surface area contributed by atoms with Gasteiger partial charge in [0.25, 0.3) is 0 Å². The maximum Gasteiger partial charge on any atom is 0.248 e. The van der Waals surface area contributed by atoms with Gasteiger partial charge < -0.3 is 24.2 Å². The fourth-order valence-electron chi connectivity index (χ4n) is 4.52. The van der Waals surface area contributed by atoms with Crippen LogP contribution in [0, 0.1) is 18.6 Å². The average Bonchev–Trinajstić information content (AvgIpc) is 3.24. The SMILES string of the molecule is COCC(=O)N1CCN(Cc2cccc(OCCn3cc(C)cn3)c2)CC(O)(COc2ccc(F)c(F)c2)C1. The number of ether oxygens (including phenoxy) is 3. The molecule has 1 aromatic heterocycles. The van der Waals surface area contributed by atoms with Gasteiger partial charge in [-0.15, -0.1) is 0 Å². The fourth-order valence-corrected chi connectivity index (χ4v) is 4.52. The molecule has 2 aromatic carbocycles. The fraction of sp³-hybridized carbons (Fsp3) is 0.429. The number of aliphatic hydroxyl groups is 1. The summed E-state index contributed by atoms with van der Waals surface area (Å²) in [6.07, 6.45) is 3.76. The quantitative estimate of drug-likeness (QED) is 0.397. The topological polar surface area (TPSA) is 89.3 Å². The second kappa shape index (κ2) is 13.0. The third-order valence-corrected chi connectivity index (χ3v) is 6.36. The summed E-state index contributed by atoms with van der Waals surface area (Å²) in [6, 6.07) is 10.9. The van der Waals surface area contributed by atoms with Crippen molar-refractivity contribution in [2.75, 3.05) is 53.1 Å². The third-order valence-electron chi connectivity index (χ3n) is 6.36. The van der Waals surface area contributed by atoms with Crippen molar-refractivity contribution in [3.8, 4) is 11.5 Å². The summed E-state index contributed by atoms with van der Waals surface area (Å²) in [5.74, 6) is -1.47. The Labute approximate surface area is 226 Å². The molecular formula is C28H34F2N4O5. The molecule has 1 aliphatic heterocycles. The minimum absolute atomic E-state index is 0.00538. The molecule has 0 aliphatic carbocycles. The maximum atomic E-state index is 13.7. The predicted octanol–water partition coefficient (Wildman–Crippen LogP) is 2.65. The number of carbonyl (C=O) groups excluding carboxylic acids is 1. The number of hydrogen-bond acceptors (Lipinski definition) is 7. The summed E-state index contributed by atoms with van der Waals surface area (Å²) >= 11 is 0. The third kappa shape index (κ3) is 8.22. The van der Waals surface area contributed by atoms with Crippen LogP contribution in [0.1, 0.15) is 11.1 Å². The number of methoxy groups -OCH3 is 1. The maximum absolute atomic E-state index is 13.7. The highest BCUT2D eigenvalue weighted by molar-refractivity contribution is 5.77. The molecule has 1 N–H and O–H groups in total. The van der Waals surface area contributed by atoms with Crippen LogP contribution in [0.2, 0.25) is 0 Å². The molecular weight excluding hydrogens is 510 g/mol. The van der Waals surface area contributed by atoms with E-state index in [0.717, 1.165) is 29.0 Å². The van der Waals surface area contributed by atoms with Gasteiger partial charge in [-0.1, -0.05) is 12.1 Å². The van der Waals surface area contributed by atoms with Crippen molar-refractivity contribution in [2.24, 2.45) is 0 Å². The van der Waals surface area contributed by atoms with Gasteiger partial charge in [-0.3, -0.25) is 14.4 Å². The van der Waals surface area contributed by atoms with Crippen LogP contribution in [0.15, 0.2) is 54.9 Å². The first kappa shape index (κ1) is 28.5. The molecule has 39 heavy (non-hydrogen) atoms. The van der Waals surface area contributed by atoms with Crippen LogP contribution in [0.25, 0.3) is 0 Å². The lowest BCUT2D eigenvalue weighted by Crippen LogP contribution is -2.52. The minimum atomic E-state index is -1.47. The van der Waals surface area contributed by atoms with E-state index in [2.05, 4.69) is 5.10 Å². The van der Waals surface area contributed by atoms with Crippen molar-refractivity contribution in [1.29, 1.82) is 0 Å². The molecule has 1 atom stereocenters. The number of amides is 1. The Morgan fingerprint density at radius 1 is 1.08 bits per heavy atom. The van der Waals surface area contributed by atoms with E-state index in [0.29, 0.717) is 32.8 Å². The number of rotatable bonds is 11. The second-order valence-electron chi connectivity index (χ2n) is 9.82. The molecule has 11 heteroatoms. The van der Waals surface area contributed by atoms with Crippen LogP contribution >= 0.6 is 0 Å². The number of β-amino-alcohol motifs (C(OH)–C–C–N with tert-alkyl or cyclic N) is 1. The van der Waals surface area contributed by atoms with Crippen LogP contribution in [-0.2, 0) is 22.6 Å². The Balaban J connectivity index is 1.42. The first-order valence-corrected chi connectivity index (χ1v) is 12.7. The van der Waals surface area contributed by atoms with Crippen molar-refractivity contribution in [3.63, 3.8) is 0 Å². The molecule has 9 nitrogen and oxygen atoms in total. The Kier molecular flexibility index (Phi) is 9.50. The van der Waals surface area contributed by atoms with Gasteiger partial charge in [-0.25, -0.2) is 8.78 Å². The molecule has 0 radical (unpaired) electrons. The van der Waals surface area contributed by atoms with E-state index in [9.17, 15) is 18.7 Å². The Morgan fingerprint density at radius 3 is 2.64 bits per heavy atom. The molecule has 0 saturated carbocycles. The zero-order chi connectivity index (χ0) is 27.8. The summed E-state index contributed by atoms with van der Waals surface area (Å²) < 4.78 is 45.4. The molecule has 3 aromatic rings. The van der Waals surface area contributed by atoms with E-state index in [4.69, 9.17) is 14.2 Å². The van der Waals surface area contributed by atoms with Gasteiger partial charge in [-0.2, -0.15) is 5.10 Å². The van der Waals surface area contributed by atoms with Crippen LogP contribution in [0.4, 0.5) is 8.78 Å². The monoisotopic (exact) mass is 544 g/mol. The first-order valence-electron chi connectivity index (χ1n) is 12.7. The number of carbonyl (C=O) groups is 1. The molecule has 1 aliphatic rings. The normalized spacial score (nSPS) is 18.1. The van der Waals surface area contributed by atoms with E-state index in [1.807, 2.05) is 47.0 Å². The zero-order valence-electron chi connectivity index (χ0n) is 22.2. The van der Waals surface area contributed by atoms with Crippen LogP contribution in [0.3, 0.4) is 0 Å². The number of nitrogens with zero attached hydrogens (tertiary/aromatic N) is 4. The molecule has 0 spiro atoms. The first-order chi connectivity index (χ1) is 18.7. The number of halogens is 2. The largest absolute Gasteiger partial charge is 0.492 e. The molecule has 210 valence electrons. The summed E-state index contributed by atoms with van der Waals surface area (Å²) in [5, 5.41) is 15.8. The van der Waals surface area contributed by atoms with Crippen molar-refractivity contribution < 1.29 is 32.9 Å². The van der Waals surface area contributed by atoms with Crippen molar-refractivity contribution in [1.82, 2.24) is 19.6 Å². The van der Waals surface area contributed by atoms with Gasteiger partial charge in [0.2, 0.25) is 5.91 Å². The molecule has 1 saturated heterocycles. The highest BCUT2D eigenvalue weighted by atomic mass is 19.2. The van der Waals surface area contributed by atoms with Crippen molar-refractivity contribution >= 4 is 5.91 Å². The minimum Gasteiger partial charge on any atom is -0.492 e. The number of hydrogen-bond donors (Lipinski definition) is 1. The van der Waals surface area contributed by atoms with Gasteiger partial charge in [-0.05, 0) is 42.3 Å². The molecule has 2 heterocycles. The number of aromatic nitrogens is 2. The second-order valence-corrected chi connectivity index (χ2v) is 9.82. The number of aryl methyl sites for hydroxylation is 1. The molecule has 4 rings (SSSR count). The Morgan fingerprint density at radius 2 is 1.90 bits per heavy atom. The van der Waals surface area contributed by atoms with Gasteiger partial charge in [0.05, 0.1) is 19.3 Å². The summed E-state index contributed by atoms with van der Waals surface area (Å²) in [7, 11) is 1.44. The highest BCUT2D eigenvalue weighted by Gasteiger charge is 2.37. The zero-order valence-corrected chi connectivity index (χ0v) is 22.2. The summed E-state index contributed by atoms with van der Waals surface area (Å²) in [6.45, 7) is 4.32. The molecule has 1 amide bonds. The molecule has 0 bridgehead atoms. The summed E-state index contributed by atoms with van der Waals surface area (Å²) in [5.41, 5.74) is 0.593. The lowest BCUT2D eigenvalue weighted by atomic mass is 10.0. The lowest BCUT2D eigenvalue weighted by Gasteiger charge is -2.33. The van der Waals surface area contributed by atoms with E-state index in [1.54, 1.807) is 6.20 Å². The molecule has 1 unspecified atom stereocenters. The van der Waals surface area contributed by atoms with Crippen LogP contribution in [-0.4, -0.2) is 89.3 Å². The Bertz CT molecular complexity index is 1260. The lowest BCUT2D eigenvalue weighted by molar-refractivity contribution is -0.138. The van der Waals surface area contributed by atoms with Crippen LogP contribution in [0.5, 0.6) is 11.5 Å². The standard InChI is InChI=1S/C28H34F2N4O5/c1-21-14-31-34(15-21)10-11-38-23-5-3-4-22(12-23)16-32-8-9-33(27(35)17-37-2)19-28(36,18-32)20-39-24-6-7-25(29)26(30)13-24/h3-7,12-15,36H,8-11,16-20H2,1-2H3. The highest BCUT2D eigenvalue weighted by Crippen LogP contribution is 2.22. The van der Waals surface area contributed by atoms with Crippen LogP contribution < -0.4 is 9.47 Å². The number of benzene rings is 2. The van der Waals surface area contributed by atoms with Gasteiger partial charge in [0.15, 0.2) is 11.6 Å². The van der Waals surface area contributed by atoms with Crippen molar-refractivity contribution in [3.05, 3.63) is 77.6 Å². The van der Waals surface area contributed by atoms with E-state index in [1.165, 1.54) is 18.1 Å². The van der Waals surface area contributed by atoms with Gasteiger partial charge >= 0.3 is 0 Å². The van der Waals surface area contributed by atoms with E-state index >= 15 is 0 Å². The van der Waals surface area contributed by atoms with Gasteiger partial charge in [0.1, 0.15) is 36.9 Å². The van der Waals surface area contributed by atoms with E-state index < -0.39 is 17.2 Å². The predicted molar refractivity (Wildman–Crippen MR) is 139 cm³/mol. The van der Waals surface area contributed by atoms with Crippen molar-refractivity contribution in [2.45, 2.75) is 25.6 Å². The molecule has 1 fully saturated rings. The smallest absolute Gasteiger partial charge is 0.248 e.